The highest BCUT2D eigenvalue weighted by Crippen LogP contribution is 2.49. The molecule has 4 aromatic carbocycles. The van der Waals surface area contributed by atoms with Crippen molar-refractivity contribution >= 4 is 90.9 Å². The molecule has 0 N–H and O–H groups in total. The lowest BCUT2D eigenvalue weighted by Gasteiger charge is -2.16. The van der Waals surface area contributed by atoms with Crippen LogP contribution in [0.25, 0.3) is 34.4 Å². The minimum Gasteiger partial charge on any atom is -0.466 e. The van der Waals surface area contributed by atoms with Gasteiger partial charge >= 0.3 is 11.9 Å². The van der Waals surface area contributed by atoms with Gasteiger partial charge in [-0.25, -0.2) is 0 Å². The van der Waals surface area contributed by atoms with Crippen LogP contribution in [0.15, 0.2) is 104 Å². The fourth-order valence-corrected chi connectivity index (χ4v) is 9.21. The monoisotopic (exact) mass is 974 g/mol. The number of nitro groups is 2. The number of likely N-dealkylation sites (tertiary alicyclic amines) is 2. The molecule has 2 unspecified atom stereocenters. The van der Waals surface area contributed by atoms with Gasteiger partial charge in [0.05, 0.1) is 55.8 Å². The first-order chi connectivity index (χ1) is 29.3. The molecule has 2 heterocycles. The Bertz CT molecular complexity index is 2290. The van der Waals surface area contributed by atoms with E-state index in [2.05, 4.69) is 31.9 Å². The summed E-state index contributed by atoms with van der Waals surface area (Å²) >= 11 is 7.77. The van der Waals surface area contributed by atoms with Gasteiger partial charge in [0, 0.05) is 47.3 Å². The van der Waals surface area contributed by atoms with Crippen LogP contribution in [-0.4, -0.2) is 82.8 Å². The van der Waals surface area contributed by atoms with E-state index in [4.69, 9.17) is 9.47 Å². The highest BCUT2D eigenvalue weighted by atomic mass is 79.9. The van der Waals surface area contributed by atoms with Gasteiger partial charge in [-0.05, 0) is 97.5 Å². The van der Waals surface area contributed by atoms with Crippen LogP contribution in [0.2, 0.25) is 0 Å². The smallest absolute Gasteiger partial charge is 0.310 e. The minimum absolute atomic E-state index is 0.104. The van der Waals surface area contributed by atoms with E-state index < -0.39 is 21.7 Å². The maximum atomic E-state index is 13.3. The van der Waals surface area contributed by atoms with Crippen molar-refractivity contribution < 1.29 is 38.5 Å². The average molecular weight is 977 g/mol. The summed E-state index contributed by atoms with van der Waals surface area (Å²) in [7, 11) is 0. The molecular weight excluding hydrogens is 936 g/mol. The zero-order valence-electron chi connectivity index (χ0n) is 33.1. The Morgan fingerprint density at radius 1 is 0.689 bits per heavy atom. The van der Waals surface area contributed by atoms with Crippen LogP contribution in [0.4, 0.5) is 11.4 Å². The van der Waals surface area contributed by atoms with E-state index in [-0.39, 0.29) is 82.3 Å². The van der Waals surface area contributed by atoms with E-state index in [1.165, 1.54) is 46.2 Å². The minimum atomic E-state index is -0.545. The molecule has 2 fully saturated rings. The third-order valence-corrected chi connectivity index (χ3v) is 12.3. The highest BCUT2D eigenvalue weighted by molar-refractivity contribution is 9.10. The second-order valence-electron chi connectivity index (χ2n) is 14.1. The Balaban J connectivity index is 1.40. The molecule has 2 amide bonds. The summed E-state index contributed by atoms with van der Waals surface area (Å²) in [5.41, 5.74) is 1.33. The summed E-state index contributed by atoms with van der Waals surface area (Å²) in [5, 5.41) is 26.2. The lowest BCUT2D eigenvalue weighted by Crippen LogP contribution is -2.28. The normalized spacial score (nSPS) is 16.3. The van der Waals surface area contributed by atoms with Gasteiger partial charge in [-0.1, -0.05) is 80.0 Å². The molecule has 17 heteroatoms. The number of amides is 2. The number of carbonyl (C=O) groups excluding carboxylic acids is 4. The first kappa shape index (κ1) is 44.9. The zero-order chi connectivity index (χ0) is 43.8. The molecule has 6 rings (SSSR count). The molecule has 0 radical (unpaired) electrons. The van der Waals surface area contributed by atoms with Gasteiger partial charge in [-0.3, -0.25) is 39.4 Å². The number of halogens is 2. The number of ether oxygens (including phenoxy) is 2. The van der Waals surface area contributed by atoms with Crippen molar-refractivity contribution in [3.63, 3.8) is 0 Å². The second kappa shape index (κ2) is 20.3. The topological polar surface area (TPSA) is 180 Å². The number of carbonyl (C=O) groups is 4. The van der Waals surface area contributed by atoms with Crippen molar-refractivity contribution in [2.24, 2.45) is 11.8 Å². The largest absolute Gasteiger partial charge is 0.466 e. The average Bonchev–Trinajstić information content (AvgIpc) is 3.94. The Morgan fingerprint density at radius 2 is 1.10 bits per heavy atom. The summed E-state index contributed by atoms with van der Waals surface area (Å²) in [6.07, 6.45) is 6.54. The lowest BCUT2D eigenvalue weighted by atomic mass is 9.97. The third-order valence-electron chi connectivity index (χ3n) is 10.2. The molecule has 2 aliphatic rings. The molecule has 316 valence electrons. The molecule has 0 aliphatic carbocycles. The van der Waals surface area contributed by atoms with Crippen molar-refractivity contribution in [2.45, 2.75) is 36.5 Å². The molecule has 2 saturated heterocycles. The predicted molar refractivity (Wildman–Crippen MR) is 237 cm³/mol. The molecule has 0 saturated carbocycles. The Labute approximate surface area is 372 Å². The van der Waals surface area contributed by atoms with Crippen LogP contribution < -0.4 is 0 Å². The Morgan fingerprint density at radius 3 is 1.46 bits per heavy atom. The first-order valence-electron chi connectivity index (χ1n) is 19.4. The summed E-state index contributed by atoms with van der Waals surface area (Å²) in [6.45, 7) is 4.99. The molecule has 0 spiro atoms. The van der Waals surface area contributed by atoms with Crippen molar-refractivity contribution in [3.05, 3.63) is 125 Å². The van der Waals surface area contributed by atoms with E-state index in [1.807, 2.05) is 0 Å². The number of rotatable bonds is 14. The predicted octanol–water partition coefficient (Wildman–Crippen LogP) is 9.36. The molecule has 2 atom stereocenters. The molecule has 14 nitrogen and oxygen atoms in total. The Hall–Kier alpha value is -5.65. The molecular formula is C44H40Br2N4O10S. The van der Waals surface area contributed by atoms with Gasteiger partial charge < -0.3 is 19.3 Å². The number of hydrogen-bond acceptors (Lipinski definition) is 11. The molecule has 61 heavy (non-hydrogen) atoms. The summed E-state index contributed by atoms with van der Waals surface area (Å²) in [6, 6.07) is 20.0. The number of esters is 2. The third kappa shape index (κ3) is 10.6. The SMILES string of the molecule is CCOC(=O)C1CCN(C(=O)/C=C/c2ccc(Sc3ccc(/C=C/C(=O)N4CCC(C(=O)OCC)C4)c(-c4cccc(Br)c4)c3[N+](=O)[O-])c([N+](=O)[O-])c2-c2cccc(Br)c2)C1. The first-order valence-corrected chi connectivity index (χ1v) is 21.8. The number of nitro benzene ring substituents is 2. The van der Waals surface area contributed by atoms with Crippen LogP contribution in [0.1, 0.15) is 37.8 Å². The standard InChI is InChI=1S/C44H40Br2N4O10S/c1-3-59-43(53)31-19-21-47(25-31)37(51)17-13-27-11-15-35(41(49(55)56)39(27)29-7-5-9-33(45)23-29)61-36-16-12-28(40(42(36)50(57)58)30-8-6-10-34(46)24-30)14-18-38(52)48-22-20-32(26-48)44(54)60-4-2/h5-18,23-24,31-32H,3-4,19-22,25-26H2,1-2H3/b17-13+,18-14+. The fourth-order valence-electron chi connectivity index (χ4n) is 7.35. The quantitative estimate of drug-likeness (QED) is 0.0509. The lowest BCUT2D eigenvalue weighted by molar-refractivity contribution is -0.387. The van der Waals surface area contributed by atoms with Crippen LogP contribution in [0.5, 0.6) is 0 Å². The van der Waals surface area contributed by atoms with Crippen molar-refractivity contribution in [3.8, 4) is 22.3 Å². The van der Waals surface area contributed by atoms with Gasteiger partial charge in [0.15, 0.2) is 0 Å². The van der Waals surface area contributed by atoms with E-state index in [0.29, 0.717) is 57.1 Å². The van der Waals surface area contributed by atoms with E-state index >= 15 is 0 Å². The summed E-state index contributed by atoms with van der Waals surface area (Å²) in [5.74, 6) is -2.35. The van der Waals surface area contributed by atoms with E-state index in [1.54, 1.807) is 74.5 Å². The van der Waals surface area contributed by atoms with Crippen LogP contribution in [0.3, 0.4) is 0 Å². The number of nitrogens with zero attached hydrogens (tertiary/aromatic N) is 4. The maximum absolute atomic E-state index is 13.3. The van der Waals surface area contributed by atoms with Gasteiger partial charge in [0.2, 0.25) is 11.8 Å². The molecule has 4 aromatic rings. The number of hydrogen-bond donors (Lipinski definition) is 0. The van der Waals surface area contributed by atoms with Crippen molar-refractivity contribution in [1.82, 2.24) is 9.80 Å². The van der Waals surface area contributed by atoms with Crippen LogP contribution in [-0.2, 0) is 28.7 Å². The summed E-state index contributed by atoms with van der Waals surface area (Å²) < 4.78 is 11.5. The van der Waals surface area contributed by atoms with Gasteiger partial charge in [0.25, 0.3) is 11.4 Å². The maximum Gasteiger partial charge on any atom is 0.310 e. The van der Waals surface area contributed by atoms with Crippen molar-refractivity contribution in [2.75, 3.05) is 39.4 Å². The van der Waals surface area contributed by atoms with Crippen LogP contribution in [0, 0.1) is 32.1 Å². The molecule has 0 aromatic heterocycles. The highest BCUT2D eigenvalue weighted by Gasteiger charge is 2.34. The van der Waals surface area contributed by atoms with Gasteiger partial charge in [-0.15, -0.1) is 0 Å². The second-order valence-corrected chi connectivity index (χ2v) is 17.0. The van der Waals surface area contributed by atoms with Gasteiger partial charge in [-0.2, -0.15) is 0 Å². The van der Waals surface area contributed by atoms with Crippen molar-refractivity contribution in [1.29, 1.82) is 0 Å². The van der Waals surface area contributed by atoms with E-state index in [0.717, 1.165) is 11.8 Å². The summed E-state index contributed by atoms with van der Waals surface area (Å²) in [4.78, 5) is 79.6. The Kier molecular flexibility index (Phi) is 14.9. The molecule has 0 bridgehead atoms. The van der Waals surface area contributed by atoms with Crippen LogP contribution >= 0.6 is 43.6 Å². The zero-order valence-corrected chi connectivity index (χ0v) is 37.1. The van der Waals surface area contributed by atoms with E-state index in [9.17, 15) is 39.4 Å². The van der Waals surface area contributed by atoms with Gasteiger partial charge in [0.1, 0.15) is 0 Å². The number of benzene rings is 4. The fraction of sp³-hybridized carbons (Fsp3) is 0.273. The molecule has 2 aliphatic heterocycles.